The lowest BCUT2D eigenvalue weighted by molar-refractivity contribution is 0.144. The summed E-state index contributed by atoms with van der Waals surface area (Å²) in [6.07, 6.45) is 5.42. The van der Waals surface area contributed by atoms with Crippen LogP contribution in [0.1, 0.15) is 6.42 Å². The number of nitrogens with two attached hydrogens (primary N) is 1. The van der Waals surface area contributed by atoms with Crippen LogP contribution in [0, 0.1) is 12.3 Å². The minimum atomic E-state index is 0.455. The fourth-order valence-corrected chi connectivity index (χ4v) is 0.118. The summed E-state index contributed by atoms with van der Waals surface area (Å²) in [7, 11) is 0. The second kappa shape index (κ2) is 4.48. The zero-order valence-corrected chi connectivity index (χ0v) is 3.48. The second-order valence-corrected chi connectivity index (χ2v) is 0.825. The van der Waals surface area contributed by atoms with Crippen molar-refractivity contribution in [3.8, 4) is 12.3 Å². The van der Waals surface area contributed by atoms with Gasteiger partial charge in [0.25, 0.3) is 0 Å². The Balaban J connectivity index is 2.54. The first-order valence-electron chi connectivity index (χ1n) is 1.67. The summed E-state index contributed by atoms with van der Waals surface area (Å²) in [6.45, 7) is 0.455. The fourth-order valence-electron chi connectivity index (χ4n) is 0.118. The van der Waals surface area contributed by atoms with Gasteiger partial charge >= 0.3 is 0 Å². The van der Waals surface area contributed by atoms with Crippen molar-refractivity contribution >= 4 is 0 Å². The molecule has 0 aliphatic rings. The SMILES string of the molecule is C#CCCON. The molecule has 0 saturated heterocycles. The van der Waals surface area contributed by atoms with Crippen LogP contribution in [0.5, 0.6) is 0 Å². The van der Waals surface area contributed by atoms with E-state index in [-0.39, 0.29) is 0 Å². The molecule has 2 nitrogen and oxygen atoms in total. The van der Waals surface area contributed by atoms with Crippen molar-refractivity contribution in [1.82, 2.24) is 0 Å². The van der Waals surface area contributed by atoms with Crippen molar-refractivity contribution < 1.29 is 4.84 Å². The van der Waals surface area contributed by atoms with Gasteiger partial charge in [-0.1, -0.05) is 0 Å². The number of rotatable bonds is 2. The van der Waals surface area contributed by atoms with Gasteiger partial charge in [0.05, 0.1) is 6.61 Å². The molecule has 0 aliphatic heterocycles. The van der Waals surface area contributed by atoms with Crippen molar-refractivity contribution in [2.24, 2.45) is 5.90 Å². The Morgan fingerprint density at radius 1 is 1.83 bits per heavy atom. The largest absolute Gasteiger partial charge is 0.304 e. The maximum absolute atomic E-state index is 4.83. The third kappa shape index (κ3) is 3.48. The Morgan fingerprint density at radius 2 is 2.50 bits per heavy atom. The molecule has 0 aromatic carbocycles. The molecule has 0 atom stereocenters. The van der Waals surface area contributed by atoms with Crippen LogP contribution in [0.3, 0.4) is 0 Å². The van der Waals surface area contributed by atoms with E-state index < -0.39 is 0 Å². The molecular weight excluding hydrogens is 78.0 g/mol. The highest BCUT2D eigenvalue weighted by Gasteiger charge is 1.70. The van der Waals surface area contributed by atoms with E-state index >= 15 is 0 Å². The van der Waals surface area contributed by atoms with E-state index in [0.29, 0.717) is 13.0 Å². The van der Waals surface area contributed by atoms with E-state index in [4.69, 9.17) is 6.42 Å². The average Bonchev–Trinajstić information content (AvgIpc) is 1.61. The van der Waals surface area contributed by atoms with E-state index in [2.05, 4.69) is 16.7 Å². The van der Waals surface area contributed by atoms with Gasteiger partial charge in [0.15, 0.2) is 0 Å². The van der Waals surface area contributed by atoms with Crippen molar-refractivity contribution in [3.63, 3.8) is 0 Å². The fraction of sp³-hybridized carbons (Fsp3) is 0.500. The minimum Gasteiger partial charge on any atom is -0.304 e. The predicted octanol–water partition coefficient (Wildman–Crippen LogP) is -0.100. The summed E-state index contributed by atoms with van der Waals surface area (Å²) in [5.41, 5.74) is 0. The van der Waals surface area contributed by atoms with Gasteiger partial charge in [-0.25, -0.2) is 5.90 Å². The summed E-state index contributed by atoms with van der Waals surface area (Å²) >= 11 is 0. The molecule has 2 N–H and O–H groups in total. The Bertz CT molecular complexity index is 55.1. The molecular formula is C4H7NO. The Hall–Kier alpha value is -0.520. The predicted molar refractivity (Wildman–Crippen MR) is 23.6 cm³/mol. The Labute approximate surface area is 37.2 Å². The molecule has 34 valence electrons. The van der Waals surface area contributed by atoms with Gasteiger partial charge in [-0.3, -0.25) is 0 Å². The van der Waals surface area contributed by atoms with Crippen LogP contribution < -0.4 is 5.90 Å². The van der Waals surface area contributed by atoms with Crippen molar-refractivity contribution in [3.05, 3.63) is 0 Å². The van der Waals surface area contributed by atoms with Crippen LogP contribution in [0.2, 0.25) is 0 Å². The summed E-state index contributed by atoms with van der Waals surface area (Å²) in [4.78, 5) is 4.14. The molecule has 0 saturated carbocycles. The molecule has 0 aromatic rings. The maximum atomic E-state index is 4.83. The lowest BCUT2D eigenvalue weighted by Gasteiger charge is -1.83. The molecule has 0 radical (unpaired) electrons. The molecule has 0 fully saturated rings. The topological polar surface area (TPSA) is 35.2 Å². The van der Waals surface area contributed by atoms with Crippen LogP contribution in [0.4, 0.5) is 0 Å². The summed E-state index contributed by atoms with van der Waals surface area (Å²) in [5.74, 6) is 6.98. The summed E-state index contributed by atoms with van der Waals surface area (Å²) in [6, 6.07) is 0. The molecule has 0 bridgehead atoms. The summed E-state index contributed by atoms with van der Waals surface area (Å²) < 4.78 is 0. The Morgan fingerprint density at radius 3 is 2.67 bits per heavy atom. The Kier molecular flexibility index (Phi) is 4.09. The van der Waals surface area contributed by atoms with Gasteiger partial charge in [-0.15, -0.1) is 12.3 Å². The quantitative estimate of drug-likeness (QED) is 0.289. The van der Waals surface area contributed by atoms with Crippen LogP contribution in [0.25, 0.3) is 0 Å². The first kappa shape index (κ1) is 5.48. The zero-order valence-electron chi connectivity index (χ0n) is 3.48. The number of hydrogen-bond acceptors (Lipinski definition) is 2. The molecule has 0 rings (SSSR count). The first-order chi connectivity index (χ1) is 2.91. The molecule has 2 heteroatoms. The zero-order chi connectivity index (χ0) is 4.83. The highest BCUT2D eigenvalue weighted by atomic mass is 16.6. The van der Waals surface area contributed by atoms with Gasteiger partial charge in [0.2, 0.25) is 0 Å². The van der Waals surface area contributed by atoms with Crippen LogP contribution in [0.15, 0.2) is 0 Å². The lowest BCUT2D eigenvalue weighted by Crippen LogP contribution is -1.98. The highest BCUT2D eigenvalue weighted by molar-refractivity contribution is 4.82. The molecule has 0 heterocycles. The molecule has 0 aliphatic carbocycles. The highest BCUT2D eigenvalue weighted by Crippen LogP contribution is 1.68. The van der Waals surface area contributed by atoms with Crippen LogP contribution >= 0.6 is 0 Å². The van der Waals surface area contributed by atoms with Gasteiger partial charge < -0.3 is 4.84 Å². The average molecular weight is 85.1 g/mol. The van der Waals surface area contributed by atoms with Gasteiger partial charge in [-0.05, 0) is 0 Å². The molecule has 0 aromatic heterocycles. The second-order valence-electron chi connectivity index (χ2n) is 0.825. The molecule has 0 unspecified atom stereocenters. The van der Waals surface area contributed by atoms with Crippen molar-refractivity contribution in [2.45, 2.75) is 6.42 Å². The first-order valence-corrected chi connectivity index (χ1v) is 1.67. The van der Waals surface area contributed by atoms with Crippen molar-refractivity contribution in [2.75, 3.05) is 6.61 Å². The van der Waals surface area contributed by atoms with Crippen molar-refractivity contribution in [1.29, 1.82) is 0 Å². The van der Waals surface area contributed by atoms with Crippen LogP contribution in [-0.4, -0.2) is 6.61 Å². The number of hydrogen-bond donors (Lipinski definition) is 1. The van der Waals surface area contributed by atoms with E-state index in [1.807, 2.05) is 0 Å². The summed E-state index contributed by atoms with van der Waals surface area (Å²) in [5, 5.41) is 0. The molecule has 0 spiro atoms. The number of terminal acetylenes is 1. The third-order valence-electron chi connectivity index (χ3n) is 0.364. The lowest BCUT2D eigenvalue weighted by atomic mass is 10.5. The van der Waals surface area contributed by atoms with Crippen LogP contribution in [-0.2, 0) is 4.84 Å². The third-order valence-corrected chi connectivity index (χ3v) is 0.364. The van der Waals surface area contributed by atoms with Gasteiger partial charge in [-0.2, -0.15) is 0 Å². The van der Waals surface area contributed by atoms with E-state index in [1.54, 1.807) is 0 Å². The molecule has 0 amide bonds. The molecule has 6 heavy (non-hydrogen) atoms. The van der Waals surface area contributed by atoms with Gasteiger partial charge in [0.1, 0.15) is 0 Å². The smallest absolute Gasteiger partial charge is 0.0788 e. The normalized spacial score (nSPS) is 7.33. The maximum Gasteiger partial charge on any atom is 0.0788 e. The van der Waals surface area contributed by atoms with Gasteiger partial charge in [0, 0.05) is 6.42 Å². The van der Waals surface area contributed by atoms with E-state index in [1.165, 1.54) is 0 Å². The van der Waals surface area contributed by atoms with E-state index in [0.717, 1.165) is 0 Å². The minimum absolute atomic E-state index is 0.455. The monoisotopic (exact) mass is 85.1 g/mol. The van der Waals surface area contributed by atoms with E-state index in [9.17, 15) is 0 Å². The standard InChI is InChI=1S/C4H7NO/c1-2-3-4-6-5/h1H,3-5H2.